The number of halogens is 7. The molecule has 1 amide bonds. The van der Waals surface area contributed by atoms with Crippen molar-refractivity contribution >= 4 is 17.5 Å². The molecule has 8 nitrogen and oxygen atoms in total. The number of hydrogen-bond donors (Lipinski definition) is 2. The van der Waals surface area contributed by atoms with Crippen molar-refractivity contribution in [3.63, 3.8) is 0 Å². The van der Waals surface area contributed by atoms with Crippen LogP contribution in [-0.2, 0) is 6.18 Å². The number of amides is 1. The number of carbonyl (C=O) groups is 1. The zero-order valence-electron chi connectivity index (χ0n) is 20.7. The van der Waals surface area contributed by atoms with E-state index in [4.69, 9.17) is 4.74 Å². The maximum absolute atomic E-state index is 13.7. The Kier molecular flexibility index (Phi) is 8.26. The number of ether oxygens (including phenoxy) is 2. The first-order valence-corrected chi connectivity index (χ1v) is 11.5. The van der Waals surface area contributed by atoms with E-state index in [9.17, 15) is 35.5 Å². The Morgan fingerprint density at radius 1 is 0.902 bits per heavy atom. The third kappa shape index (κ3) is 7.17. The van der Waals surface area contributed by atoms with Gasteiger partial charge in [-0.25, -0.2) is 15.0 Å². The van der Waals surface area contributed by atoms with Crippen molar-refractivity contribution in [2.24, 2.45) is 0 Å². The van der Waals surface area contributed by atoms with Gasteiger partial charge in [-0.2, -0.15) is 30.7 Å². The topological polar surface area (TPSA) is 98.3 Å². The Labute approximate surface area is 227 Å². The van der Waals surface area contributed by atoms with Crippen LogP contribution < -0.4 is 20.1 Å². The highest BCUT2D eigenvalue weighted by Crippen LogP contribution is 2.37. The molecule has 0 aliphatic rings. The van der Waals surface area contributed by atoms with Gasteiger partial charge < -0.3 is 20.1 Å². The summed E-state index contributed by atoms with van der Waals surface area (Å²) < 4.78 is 102. The Hall–Kier alpha value is -4.95. The number of pyridine rings is 1. The van der Waals surface area contributed by atoms with Crippen LogP contribution in [-0.4, -0.2) is 40.4 Å². The van der Waals surface area contributed by atoms with Crippen molar-refractivity contribution < 1.29 is 45.0 Å². The van der Waals surface area contributed by atoms with Crippen molar-refractivity contribution in [2.75, 3.05) is 17.7 Å². The minimum absolute atomic E-state index is 0.102. The first-order chi connectivity index (χ1) is 19.4. The fourth-order valence-corrected chi connectivity index (χ4v) is 3.41. The lowest BCUT2D eigenvalue weighted by Gasteiger charge is -2.17. The second-order valence-corrected chi connectivity index (χ2v) is 8.16. The summed E-state index contributed by atoms with van der Waals surface area (Å²) in [6, 6.07) is 10.9. The number of hydrogen-bond acceptors (Lipinski definition) is 7. The molecule has 2 aromatic carbocycles. The number of anilines is 2. The summed E-state index contributed by atoms with van der Waals surface area (Å²) in [7, 11) is 1.60. The van der Waals surface area contributed by atoms with Crippen LogP contribution >= 0.6 is 0 Å². The maximum Gasteiger partial charge on any atom is 0.461 e. The third-order valence-corrected chi connectivity index (χ3v) is 5.24. The smallest absolute Gasteiger partial charge is 0.438 e. The van der Waals surface area contributed by atoms with E-state index >= 15 is 0 Å². The molecule has 0 bridgehead atoms. The molecule has 0 aliphatic heterocycles. The zero-order valence-corrected chi connectivity index (χ0v) is 20.7. The summed E-state index contributed by atoms with van der Waals surface area (Å²) >= 11 is 0. The van der Waals surface area contributed by atoms with E-state index in [0.29, 0.717) is 23.4 Å². The first kappa shape index (κ1) is 29.0. The fourth-order valence-electron chi connectivity index (χ4n) is 3.41. The van der Waals surface area contributed by atoms with E-state index in [2.05, 4.69) is 30.3 Å². The molecule has 0 radical (unpaired) electrons. The Morgan fingerprint density at radius 2 is 1.68 bits per heavy atom. The average Bonchev–Trinajstić information content (AvgIpc) is 2.92. The summed E-state index contributed by atoms with van der Waals surface area (Å²) in [4.78, 5) is 25.1. The molecular weight excluding hydrogens is 563 g/mol. The van der Waals surface area contributed by atoms with Gasteiger partial charge in [-0.05, 0) is 48.5 Å². The average molecular weight is 581 g/mol. The molecule has 0 aliphatic carbocycles. The van der Waals surface area contributed by atoms with Gasteiger partial charge in [-0.3, -0.25) is 4.79 Å². The minimum atomic E-state index is -4.85. The predicted molar refractivity (Wildman–Crippen MR) is 132 cm³/mol. The van der Waals surface area contributed by atoms with E-state index < -0.39 is 35.9 Å². The highest BCUT2D eigenvalue weighted by molar-refractivity contribution is 6.04. The molecule has 0 spiro atoms. The largest absolute Gasteiger partial charge is 0.461 e. The number of nitrogens with one attached hydrogen (secondary N) is 2. The molecule has 41 heavy (non-hydrogen) atoms. The molecule has 2 aromatic heterocycles. The molecule has 0 atom stereocenters. The highest BCUT2D eigenvalue weighted by atomic mass is 19.4. The van der Waals surface area contributed by atoms with E-state index in [1.165, 1.54) is 18.5 Å². The molecule has 4 rings (SSSR count). The Balaban J connectivity index is 1.64. The van der Waals surface area contributed by atoms with Gasteiger partial charge in [0.25, 0.3) is 5.91 Å². The van der Waals surface area contributed by atoms with E-state index in [0.717, 1.165) is 30.3 Å². The van der Waals surface area contributed by atoms with Crippen LogP contribution in [0.1, 0.15) is 15.9 Å². The second kappa shape index (κ2) is 11.7. The lowest BCUT2D eigenvalue weighted by atomic mass is 10.1. The summed E-state index contributed by atoms with van der Waals surface area (Å²) in [6.07, 6.45) is -11.0. The molecule has 2 N–H and O–H groups in total. The van der Waals surface area contributed by atoms with Crippen LogP contribution in [0.5, 0.6) is 17.4 Å². The summed E-state index contributed by atoms with van der Waals surface area (Å²) in [5, 5.41) is 4.97. The summed E-state index contributed by atoms with van der Waals surface area (Å²) in [5.41, 5.74) is -1.24. The molecule has 0 saturated heterocycles. The number of aromatic nitrogens is 3. The second-order valence-electron chi connectivity index (χ2n) is 8.16. The highest BCUT2D eigenvalue weighted by Gasteiger charge is 2.44. The van der Waals surface area contributed by atoms with Crippen LogP contribution in [0.15, 0.2) is 73.1 Å². The quantitative estimate of drug-likeness (QED) is 0.208. The number of alkyl halides is 7. The maximum atomic E-state index is 13.7. The van der Waals surface area contributed by atoms with Crippen molar-refractivity contribution in [2.45, 2.75) is 18.7 Å². The zero-order chi connectivity index (χ0) is 29.8. The van der Waals surface area contributed by atoms with Crippen LogP contribution in [0.25, 0.3) is 11.3 Å². The van der Waals surface area contributed by atoms with Crippen LogP contribution in [0.3, 0.4) is 0 Å². The minimum Gasteiger partial charge on any atom is -0.438 e. The number of carbonyl (C=O) groups excluding carboxylic acids is 1. The molecule has 2 heterocycles. The number of benzene rings is 2. The lowest BCUT2D eigenvalue weighted by Crippen LogP contribution is -2.33. The van der Waals surface area contributed by atoms with Gasteiger partial charge in [-0.1, -0.05) is 6.07 Å². The monoisotopic (exact) mass is 581 g/mol. The van der Waals surface area contributed by atoms with Gasteiger partial charge in [0.15, 0.2) is 0 Å². The van der Waals surface area contributed by atoms with Gasteiger partial charge in [0.2, 0.25) is 11.8 Å². The Bertz CT molecular complexity index is 1550. The fraction of sp³-hybridized carbons (Fsp3) is 0.154. The number of nitrogens with zero attached hydrogens (tertiary/aromatic N) is 3. The van der Waals surface area contributed by atoms with Crippen LogP contribution in [0, 0.1) is 0 Å². The normalized spacial score (nSPS) is 11.7. The third-order valence-electron chi connectivity index (χ3n) is 5.24. The molecule has 0 unspecified atom stereocenters. The summed E-state index contributed by atoms with van der Waals surface area (Å²) in [5.74, 6) is -1.99. The van der Waals surface area contributed by atoms with Crippen LogP contribution in [0.2, 0.25) is 0 Å². The molecule has 0 saturated carbocycles. The van der Waals surface area contributed by atoms with Crippen molar-refractivity contribution in [3.8, 4) is 28.6 Å². The van der Waals surface area contributed by atoms with Gasteiger partial charge in [-0.15, -0.1) is 0 Å². The SMILES string of the molecule is CNc1nccc(-c2cccnc2Oc2cc(NC(=O)c3cccc(OC(F)(F)C(F)F)c3)cc(C(F)(F)F)c2)n1. The van der Waals surface area contributed by atoms with Crippen LogP contribution in [0.4, 0.5) is 42.4 Å². The standard InChI is InChI=1S/C26H18F7N5O3/c1-34-24-36-9-7-20(38-24)19-6-3-8-35-22(19)40-18-12-15(25(29,30)31)11-16(13-18)37-21(39)14-4-2-5-17(10-14)41-26(32,33)23(27)28/h2-13,23H,1H3,(H,37,39)(H,34,36,38). The van der Waals surface area contributed by atoms with Crippen molar-refractivity contribution in [1.29, 1.82) is 0 Å². The van der Waals surface area contributed by atoms with E-state index in [1.54, 1.807) is 19.2 Å². The van der Waals surface area contributed by atoms with Gasteiger partial charge in [0.05, 0.1) is 16.8 Å². The van der Waals surface area contributed by atoms with Gasteiger partial charge in [0.1, 0.15) is 11.5 Å². The van der Waals surface area contributed by atoms with E-state index in [-0.39, 0.29) is 28.8 Å². The van der Waals surface area contributed by atoms with Crippen molar-refractivity contribution in [3.05, 3.63) is 84.2 Å². The first-order valence-electron chi connectivity index (χ1n) is 11.5. The molecule has 15 heteroatoms. The summed E-state index contributed by atoms with van der Waals surface area (Å²) in [6.45, 7) is 0. The molecule has 214 valence electrons. The van der Waals surface area contributed by atoms with Gasteiger partial charge in [0, 0.05) is 36.8 Å². The van der Waals surface area contributed by atoms with Crippen molar-refractivity contribution in [1.82, 2.24) is 15.0 Å². The van der Waals surface area contributed by atoms with Gasteiger partial charge >= 0.3 is 18.7 Å². The predicted octanol–water partition coefficient (Wildman–Crippen LogP) is 6.88. The van der Waals surface area contributed by atoms with E-state index in [1.807, 2.05) is 0 Å². The molecular formula is C26H18F7N5O3. The molecule has 0 fully saturated rings. The molecule has 4 aromatic rings. The lowest BCUT2D eigenvalue weighted by molar-refractivity contribution is -0.253. The Morgan fingerprint density at radius 3 is 2.39 bits per heavy atom. The number of rotatable bonds is 9.